The van der Waals surface area contributed by atoms with Gasteiger partial charge in [-0.3, -0.25) is 9.59 Å². The number of fused-ring (bicyclic) bond motifs is 5. The van der Waals surface area contributed by atoms with E-state index in [4.69, 9.17) is 4.74 Å². The molecule has 0 saturated heterocycles. The van der Waals surface area contributed by atoms with Gasteiger partial charge in [0.15, 0.2) is 5.78 Å². The third-order valence-electron chi connectivity index (χ3n) is 9.82. The standard InChI is InChI=1S/C27H35NO3/c1-26-15-13-21-19(9-12-23-27(21,2)16-14-24(29)28(23)3)20(26)10-11-22(26)25(30)17-5-7-18(31-4)8-6-17/h5-8,14,16,19-23H,9-13,15H2,1-4H3/t19-,20-,21+,22?,23?,26-,27+/m0/s1. The molecule has 5 rings (SSSR count). The third kappa shape index (κ3) is 2.93. The lowest BCUT2D eigenvalue weighted by Crippen LogP contribution is -2.59. The molecule has 0 N–H and O–H groups in total. The van der Waals surface area contributed by atoms with Crippen molar-refractivity contribution in [3.05, 3.63) is 42.0 Å². The lowest BCUT2D eigenvalue weighted by molar-refractivity contribution is -0.138. The lowest BCUT2D eigenvalue weighted by atomic mass is 9.47. The number of hydrogen-bond acceptors (Lipinski definition) is 3. The second-order valence-corrected chi connectivity index (χ2v) is 10.9. The molecule has 7 atom stereocenters. The molecule has 0 spiro atoms. The number of ether oxygens (including phenoxy) is 1. The van der Waals surface area contributed by atoms with Crippen molar-refractivity contribution in [2.24, 2.45) is 34.5 Å². The average molecular weight is 422 g/mol. The molecule has 4 aliphatic rings. The summed E-state index contributed by atoms with van der Waals surface area (Å²) in [7, 11) is 3.63. The number of carbonyl (C=O) groups excluding carboxylic acids is 2. The molecule has 1 amide bonds. The summed E-state index contributed by atoms with van der Waals surface area (Å²) in [6.45, 7) is 4.78. The Balaban J connectivity index is 1.41. The van der Waals surface area contributed by atoms with Gasteiger partial charge < -0.3 is 9.64 Å². The van der Waals surface area contributed by atoms with Crippen LogP contribution in [0.15, 0.2) is 36.4 Å². The molecule has 0 radical (unpaired) electrons. The Bertz CT molecular complexity index is 921. The number of ketones is 1. The van der Waals surface area contributed by atoms with Gasteiger partial charge >= 0.3 is 0 Å². The highest BCUT2D eigenvalue weighted by Crippen LogP contribution is 2.65. The maximum atomic E-state index is 13.5. The minimum Gasteiger partial charge on any atom is -0.497 e. The largest absolute Gasteiger partial charge is 0.497 e. The van der Waals surface area contributed by atoms with Crippen LogP contribution in [0.3, 0.4) is 0 Å². The van der Waals surface area contributed by atoms with E-state index in [0.717, 1.165) is 43.4 Å². The predicted molar refractivity (Wildman–Crippen MR) is 121 cm³/mol. The molecule has 1 aromatic carbocycles. The molecule has 3 saturated carbocycles. The van der Waals surface area contributed by atoms with Crippen molar-refractivity contribution in [3.63, 3.8) is 0 Å². The van der Waals surface area contributed by atoms with Crippen molar-refractivity contribution < 1.29 is 14.3 Å². The van der Waals surface area contributed by atoms with Gasteiger partial charge in [-0.1, -0.05) is 19.9 Å². The number of carbonyl (C=O) groups is 2. The van der Waals surface area contributed by atoms with E-state index < -0.39 is 0 Å². The molecule has 4 heteroatoms. The smallest absolute Gasteiger partial charge is 0.246 e. The van der Waals surface area contributed by atoms with Crippen LogP contribution in [0.2, 0.25) is 0 Å². The zero-order valence-electron chi connectivity index (χ0n) is 19.3. The number of methoxy groups -OCH3 is 1. The first-order valence-electron chi connectivity index (χ1n) is 11.9. The van der Waals surface area contributed by atoms with E-state index in [-0.39, 0.29) is 22.7 Å². The van der Waals surface area contributed by atoms with E-state index in [0.29, 0.717) is 29.6 Å². The molecular formula is C27H35NO3. The van der Waals surface area contributed by atoms with E-state index in [1.165, 1.54) is 6.42 Å². The number of likely N-dealkylation sites (N-methyl/N-ethyl adjacent to an activating group) is 1. The van der Waals surface area contributed by atoms with Crippen LogP contribution in [0.5, 0.6) is 5.75 Å². The number of hydrogen-bond donors (Lipinski definition) is 0. The van der Waals surface area contributed by atoms with Crippen molar-refractivity contribution in [2.45, 2.75) is 58.4 Å². The SMILES string of the molecule is COc1ccc(C(=O)C2CC[C@H]3[C@@H]4CCC5N(C)C(=O)C=C[C@]5(C)[C@@H]4CC[C@]23C)cc1. The van der Waals surface area contributed by atoms with E-state index in [9.17, 15) is 9.59 Å². The molecule has 1 aromatic rings. The molecule has 166 valence electrons. The van der Waals surface area contributed by atoms with Crippen molar-refractivity contribution in [1.29, 1.82) is 0 Å². The fourth-order valence-corrected chi connectivity index (χ4v) is 8.13. The molecular weight excluding hydrogens is 386 g/mol. The third-order valence-corrected chi connectivity index (χ3v) is 9.82. The highest BCUT2D eigenvalue weighted by atomic mass is 16.5. The zero-order chi connectivity index (χ0) is 22.0. The Kier molecular flexibility index (Phi) is 4.84. The van der Waals surface area contributed by atoms with Gasteiger partial charge in [0.25, 0.3) is 0 Å². The number of nitrogens with zero attached hydrogens (tertiary/aromatic N) is 1. The summed E-state index contributed by atoms with van der Waals surface area (Å²) in [4.78, 5) is 27.8. The lowest BCUT2D eigenvalue weighted by Gasteiger charge is -2.60. The summed E-state index contributed by atoms with van der Waals surface area (Å²) in [5.74, 6) is 3.23. The summed E-state index contributed by atoms with van der Waals surface area (Å²) >= 11 is 0. The van der Waals surface area contributed by atoms with Crippen LogP contribution in [0.4, 0.5) is 0 Å². The molecule has 4 nitrogen and oxygen atoms in total. The van der Waals surface area contributed by atoms with Gasteiger partial charge in [0, 0.05) is 30.0 Å². The average Bonchev–Trinajstić information content (AvgIpc) is 3.13. The normalized spacial score (nSPS) is 41.4. The van der Waals surface area contributed by atoms with E-state index in [2.05, 4.69) is 19.9 Å². The highest BCUT2D eigenvalue weighted by Gasteiger charge is 2.61. The molecule has 3 fully saturated rings. The quantitative estimate of drug-likeness (QED) is 0.636. The van der Waals surface area contributed by atoms with Crippen LogP contribution in [0, 0.1) is 34.5 Å². The van der Waals surface area contributed by atoms with E-state index >= 15 is 0 Å². The maximum absolute atomic E-state index is 13.5. The van der Waals surface area contributed by atoms with Crippen molar-refractivity contribution in [1.82, 2.24) is 4.90 Å². The Morgan fingerprint density at radius 2 is 1.77 bits per heavy atom. The second-order valence-electron chi connectivity index (χ2n) is 10.9. The van der Waals surface area contributed by atoms with Crippen LogP contribution in [-0.2, 0) is 4.79 Å². The predicted octanol–water partition coefficient (Wildman–Crippen LogP) is 5.13. The molecule has 0 bridgehead atoms. The maximum Gasteiger partial charge on any atom is 0.246 e. The minimum absolute atomic E-state index is 0.0605. The summed E-state index contributed by atoms with van der Waals surface area (Å²) < 4.78 is 5.26. The van der Waals surface area contributed by atoms with Crippen LogP contribution >= 0.6 is 0 Å². The van der Waals surface area contributed by atoms with Crippen molar-refractivity contribution in [2.75, 3.05) is 14.2 Å². The molecule has 31 heavy (non-hydrogen) atoms. The summed E-state index contributed by atoms with van der Waals surface area (Å²) in [6, 6.07) is 7.96. The van der Waals surface area contributed by atoms with E-state index in [1.807, 2.05) is 36.2 Å². The zero-order valence-corrected chi connectivity index (χ0v) is 19.3. The van der Waals surface area contributed by atoms with E-state index in [1.54, 1.807) is 13.2 Å². The van der Waals surface area contributed by atoms with Crippen LogP contribution in [0.1, 0.15) is 62.7 Å². The van der Waals surface area contributed by atoms with Gasteiger partial charge in [0.2, 0.25) is 5.91 Å². The van der Waals surface area contributed by atoms with Gasteiger partial charge in [-0.2, -0.15) is 0 Å². The van der Waals surface area contributed by atoms with Crippen LogP contribution < -0.4 is 4.74 Å². The summed E-state index contributed by atoms with van der Waals surface area (Å²) in [6.07, 6.45) is 10.7. The fraction of sp³-hybridized carbons (Fsp3) is 0.630. The first kappa shape index (κ1) is 20.8. The minimum atomic E-state index is 0.0605. The Hall–Kier alpha value is -2.10. The monoisotopic (exact) mass is 421 g/mol. The molecule has 3 aliphatic carbocycles. The molecule has 1 aliphatic heterocycles. The topological polar surface area (TPSA) is 46.6 Å². The highest BCUT2D eigenvalue weighted by molar-refractivity contribution is 5.98. The van der Waals surface area contributed by atoms with Gasteiger partial charge in [-0.15, -0.1) is 0 Å². The Labute approximate surface area is 186 Å². The molecule has 1 heterocycles. The first-order chi connectivity index (χ1) is 14.8. The van der Waals surface area contributed by atoms with Crippen molar-refractivity contribution in [3.8, 4) is 5.75 Å². The number of Topliss-reactive ketones (excluding diaryl/α,β-unsaturated/α-hetero) is 1. The molecule has 2 unspecified atom stereocenters. The Morgan fingerprint density at radius 1 is 1.03 bits per heavy atom. The fourth-order valence-electron chi connectivity index (χ4n) is 8.13. The number of amides is 1. The number of benzene rings is 1. The first-order valence-corrected chi connectivity index (χ1v) is 11.9. The molecule has 0 aromatic heterocycles. The van der Waals surface area contributed by atoms with Gasteiger partial charge in [-0.25, -0.2) is 0 Å². The van der Waals surface area contributed by atoms with Gasteiger partial charge in [0.05, 0.1) is 7.11 Å². The Morgan fingerprint density at radius 3 is 2.48 bits per heavy atom. The number of rotatable bonds is 3. The van der Waals surface area contributed by atoms with Gasteiger partial charge in [0.1, 0.15) is 5.75 Å². The van der Waals surface area contributed by atoms with Crippen molar-refractivity contribution >= 4 is 11.7 Å². The van der Waals surface area contributed by atoms with Crippen LogP contribution in [0.25, 0.3) is 0 Å². The van der Waals surface area contributed by atoms with Crippen LogP contribution in [-0.4, -0.2) is 36.8 Å². The second kappa shape index (κ2) is 7.21. The summed E-state index contributed by atoms with van der Waals surface area (Å²) in [5.41, 5.74) is 0.966. The van der Waals surface area contributed by atoms with Gasteiger partial charge in [-0.05, 0) is 92.0 Å². The summed E-state index contributed by atoms with van der Waals surface area (Å²) in [5, 5.41) is 0.